The van der Waals surface area contributed by atoms with Gasteiger partial charge in [-0.3, -0.25) is 14.3 Å². The first-order chi connectivity index (χ1) is 14.6. The molecule has 2 rings (SSSR count). The van der Waals surface area contributed by atoms with Crippen LogP contribution in [0, 0.1) is 11.8 Å². The highest BCUT2D eigenvalue weighted by atomic mass is 31.3. The van der Waals surface area contributed by atoms with Crippen molar-refractivity contribution >= 4 is 23.5 Å². The van der Waals surface area contributed by atoms with Gasteiger partial charge in [0.2, 0.25) is 0 Å². The largest absolute Gasteiger partial charge is 0.490 e. The number of hydrogen-bond donors (Lipinski definition) is 7. The van der Waals surface area contributed by atoms with Crippen molar-refractivity contribution in [2.45, 2.75) is 25.4 Å². The molecule has 7 N–H and O–H groups in total. The Morgan fingerprint density at radius 3 is 2.31 bits per heavy atom. The molecule has 0 spiro atoms. The summed E-state index contributed by atoms with van der Waals surface area (Å²) in [5.41, 5.74) is -2.18. The Morgan fingerprint density at radius 1 is 1.12 bits per heavy atom. The van der Waals surface area contributed by atoms with Crippen molar-refractivity contribution in [1.29, 1.82) is 0 Å². The highest BCUT2D eigenvalue weighted by molar-refractivity contribution is 7.66. The summed E-state index contributed by atoms with van der Waals surface area (Å²) >= 11 is 0. The average molecular weight is 523 g/mol. The Kier molecular flexibility index (Phi) is 8.04. The van der Waals surface area contributed by atoms with Gasteiger partial charge in [0, 0.05) is 0 Å². The fraction of sp³-hybridized carbons (Fsp3) is 0.455. The van der Waals surface area contributed by atoms with Gasteiger partial charge >= 0.3 is 29.2 Å². The van der Waals surface area contributed by atoms with Gasteiger partial charge in [-0.2, -0.15) is 18.5 Å². The number of hydroxylamine groups is 1. The highest BCUT2D eigenvalue weighted by Crippen LogP contribution is 2.66. The number of aromatic amines is 1. The van der Waals surface area contributed by atoms with E-state index in [0.29, 0.717) is 9.85 Å². The van der Waals surface area contributed by atoms with Crippen LogP contribution in [0.5, 0.6) is 0 Å². The van der Waals surface area contributed by atoms with Crippen LogP contribution in [0.15, 0.2) is 15.8 Å². The van der Waals surface area contributed by atoms with E-state index in [1.165, 1.54) is 6.92 Å². The number of phosphoric ester groups is 1. The lowest BCUT2D eigenvalue weighted by molar-refractivity contribution is -0.0231. The molecule has 1 fully saturated rings. The van der Waals surface area contributed by atoms with Gasteiger partial charge in [-0.25, -0.2) is 23.3 Å². The maximum Gasteiger partial charge on any atom is 0.490 e. The summed E-state index contributed by atoms with van der Waals surface area (Å²) in [4.78, 5) is 66.1. The molecular formula is C11H16N3O15P3. The maximum absolute atomic E-state index is 12.0. The third kappa shape index (κ3) is 6.91. The molecule has 21 heteroatoms. The SMILES string of the molecule is CC#Cc1cn(N2O[C@H](COP(=O)(O)OP(=O)(O)OP(=O)(O)O)[C@@H](O)[C@H]2O)c(=O)[nH]c1=O. The molecule has 1 aliphatic rings. The molecule has 1 aliphatic heterocycles. The molecule has 5 atom stereocenters. The van der Waals surface area contributed by atoms with Gasteiger partial charge in [0.15, 0.2) is 6.23 Å². The number of hydrogen-bond acceptors (Lipinski definition) is 12. The zero-order valence-corrected chi connectivity index (χ0v) is 18.3. The Morgan fingerprint density at radius 2 is 1.75 bits per heavy atom. The molecule has 1 saturated heterocycles. The summed E-state index contributed by atoms with van der Waals surface area (Å²) in [5.74, 6) is 4.79. The maximum atomic E-state index is 12.0. The van der Waals surface area contributed by atoms with Crippen LogP contribution < -0.4 is 16.4 Å². The third-order valence-corrected chi connectivity index (χ3v) is 7.17. The summed E-state index contributed by atoms with van der Waals surface area (Å²) in [5, 5.41) is 20.5. The normalized spacial score (nSPS) is 25.0. The first-order valence-corrected chi connectivity index (χ1v) is 12.5. The number of aliphatic hydroxyl groups is 2. The van der Waals surface area contributed by atoms with E-state index in [2.05, 4.69) is 25.0 Å². The molecule has 0 bridgehead atoms. The fourth-order valence-electron chi connectivity index (χ4n) is 2.20. The number of H-pyrrole nitrogens is 1. The molecule has 0 aliphatic carbocycles. The van der Waals surface area contributed by atoms with Crippen molar-refractivity contribution in [3.05, 3.63) is 32.6 Å². The first kappa shape index (κ1) is 26.6. The van der Waals surface area contributed by atoms with E-state index in [9.17, 15) is 38.4 Å². The number of aromatic nitrogens is 2. The molecule has 1 aromatic heterocycles. The van der Waals surface area contributed by atoms with Crippen molar-refractivity contribution in [3.8, 4) is 11.8 Å². The Balaban J connectivity index is 2.15. The predicted octanol–water partition coefficient (Wildman–Crippen LogP) is -2.82. The number of aliphatic hydroxyl groups excluding tert-OH is 2. The second-order valence-electron chi connectivity index (χ2n) is 5.76. The van der Waals surface area contributed by atoms with Crippen LogP contribution in [0.3, 0.4) is 0 Å². The quantitative estimate of drug-likeness (QED) is 0.134. The van der Waals surface area contributed by atoms with Crippen LogP contribution in [-0.2, 0) is 31.7 Å². The number of phosphoric acid groups is 3. The zero-order chi connectivity index (χ0) is 24.5. The second-order valence-corrected chi connectivity index (χ2v) is 10.2. The molecule has 180 valence electrons. The van der Waals surface area contributed by atoms with Crippen LogP contribution in [0.25, 0.3) is 0 Å². The molecule has 0 amide bonds. The first-order valence-electron chi connectivity index (χ1n) is 7.95. The van der Waals surface area contributed by atoms with E-state index in [4.69, 9.17) is 19.5 Å². The van der Waals surface area contributed by atoms with Gasteiger partial charge < -0.3 is 29.8 Å². The van der Waals surface area contributed by atoms with Crippen LogP contribution in [0.2, 0.25) is 0 Å². The summed E-state index contributed by atoms with van der Waals surface area (Å²) < 4.78 is 45.5. The smallest absolute Gasteiger partial charge is 0.385 e. The lowest BCUT2D eigenvalue weighted by Gasteiger charge is -2.22. The van der Waals surface area contributed by atoms with Crippen molar-refractivity contribution < 1.29 is 61.5 Å². The minimum Gasteiger partial charge on any atom is -0.385 e. The molecule has 2 heterocycles. The standard InChI is InChI=1S/C11H16N3O15P3/c1-2-3-6-4-13(11(18)12-9(6)16)14-10(17)8(15)7(27-14)5-26-31(22,23)29-32(24,25)28-30(19,20)21/h4,7-8,10,15,17H,5H2,1H3,(H,22,23)(H,24,25)(H,12,16,18)(H2,19,20,21)/t7-,8-,10-/m1/s1. The van der Waals surface area contributed by atoms with Gasteiger partial charge in [-0.15, -0.1) is 5.92 Å². The Labute approximate surface area is 177 Å². The van der Waals surface area contributed by atoms with Gasteiger partial charge in [0.05, 0.1) is 12.8 Å². The van der Waals surface area contributed by atoms with Gasteiger partial charge in [-0.05, 0) is 6.92 Å². The van der Waals surface area contributed by atoms with Gasteiger partial charge in [-0.1, -0.05) is 5.92 Å². The second kappa shape index (κ2) is 9.67. The molecule has 1 aromatic rings. The van der Waals surface area contributed by atoms with Crippen molar-refractivity contribution in [3.63, 3.8) is 0 Å². The molecule has 32 heavy (non-hydrogen) atoms. The Bertz CT molecular complexity index is 1180. The minimum atomic E-state index is -5.76. The van der Waals surface area contributed by atoms with Gasteiger partial charge in [0.1, 0.15) is 17.8 Å². The van der Waals surface area contributed by atoms with Crippen LogP contribution >= 0.6 is 23.5 Å². The minimum absolute atomic E-state index is 0.214. The van der Waals surface area contributed by atoms with Crippen LogP contribution in [-0.4, -0.2) is 64.5 Å². The van der Waals surface area contributed by atoms with Crippen molar-refractivity contribution in [2.75, 3.05) is 11.8 Å². The number of nitrogens with zero attached hydrogens (tertiary/aromatic N) is 2. The molecule has 18 nitrogen and oxygen atoms in total. The van der Waals surface area contributed by atoms with Gasteiger partial charge in [0.25, 0.3) is 5.56 Å². The zero-order valence-electron chi connectivity index (χ0n) is 15.6. The highest BCUT2D eigenvalue weighted by Gasteiger charge is 2.46. The molecule has 0 saturated carbocycles. The number of rotatable bonds is 8. The van der Waals surface area contributed by atoms with E-state index in [1.54, 1.807) is 0 Å². The molecule has 0 aromatic carbocycles. The van der Waals surface area contributed by atoms with E-state index in [-0.39, 0.29) is 5.56 Å². The Hall–Kier alpha value is -1.67. The average Bonchev–Trinajstić information content (AvgIpc) is 2.87. The van der Waals surface area contributed by atoms with Crippen LogP contribution in [0.4, 0.5) is 0 Å². The summed E-state index contributed by atoms with van der Waals surface area (Å²) in [6, 6.07) is 0. The topological polar surface area (TPSA) is 268 Å². The van der Waals surface area contributed by atoms with E-state index >= 15 is 0 Å². The summed E-state index contributed by atoms with van der Waals surface area (Å²) in [6.45, 7) is 0.288. The van der Waals surface area contributed by atoms with E-state index in [0.717, 1.165) is 6.20 Å². The van der Waals surface area contributed by atoms with E-state index < -0.39 is 59.8 Å². The summed E-state index contributed by atoms with van der Waals surface area (Å²) in [7, 11) is -16.9. The van der Waals surface area contributed by atoms with E-state index in [1.807, 2.05) is 4.98 Å². The lowest BCUT2D eigenvalue weighted by atomic mass is 10.2. The van der Waals surface area contributed by atoms with Crippen molar-refractivity contribution in [1.82, 2.24) is 9.66 Å². The number of nitrogens with one attached hydrogen (secondary N) is 1. The molecular weight excluding hydrogens is 507 g/mol. The summed E-state index contributed by atoms with van der Waals surface area (Å²) in [6.07, 6.45) is -4.69. The lowest BCUT2D eigenvalue weighted by Crippen LogP contribution is -2.49. The monoisotopic (exact) mass is 523 g/mol. The molecule has 0 radical (unpaired) electrons. The molecule has 2 unspecified atom stereocenters. The predicted molar refractivity (Wildman–Crippen MR) is 98.8 cm³/mol. The van der Waals surface area contributed by atoms with Crippen molar-refractivity contribution in [2.24, 2.45) is 0 Å². The third-order valence-electron chi connectivity index (χ3n) is 3.37. The fourth-order valence-corrected chi connectivity index (χ4v) is 5.23. The van der Waals surface area contributed by atoms with Crippen LogP contribution in [0.1, 0.15) is 12.5 Å².